The molecule has 0 heterocycles. The molecule has 0 bridgehead atoms. The van der Waals surface area contributed by atoms with Gasteiger partial charge in [-0.3, -0.25) is 0 Å². The van der Waals surface area contributed by atoms with Gasteiger partial charge in [0.15, 0.2) is 0 Å². The van der Waals surface area contributed by atoms with Crippen LogP contribution in [0, 0.1) is 7.11 Å². The van der Waals surface area contributed by atoms with Gasteiger partial charge in [-0.1, -0.05) is 30.3 Å². The van der Waals surface area contributed by atoms with E-state index >= 15 is 0 Å². The standard InChI is InChI=1S/C21H28NO3/c1-22(2)15-20(24-4)16-25-21-11-6-5-9-18(21)13-12-17-8-7-10-19(14-17)23-3/h5-11,14,20H,4,12-13,15-16H2,1-3H3/t20-/m0/s1. The van der Waals surface area contributed by atoms with E-state index in [1.54, 1.807) is 7.11 Å². The molecule has 0 aliphatic heterocycles. The van der Waals surface area contributed by atoms with Crippen molar-refractivity contribution >= 4 is 0 Å². The topological polar surface area (TPSA) is 30.9 Å². The molecule has 135 valence electrons. The van der Waals surface area contributed by atoms with Crippen molar-refractivity contribution in [1.82, 2.24) is 4.90 Å². The van der Waals surface area contributed by atoms with Gasteiger partial charge in [-0.25, -0.2) is 0 Å². The van der Waals surface area contributed by atoms with Gasteiger partial charge < -0.3 is 19.1 Å². The Labute approximate surface area is 151 Å². The molecule has 1 radical (unpaired) electrons. The average Bonchev–Trinajstić information content (AvgIpc) is 2.64. The molecule has 0 saturated heterocycles. The van der Waals surface area contributed by atoms with Crippen molar-refractivity contribution < 1.29 is 14.2 Å². The summed E-state index contributed by atoms with van der Waals surface area (Å²) in [6.45, 7) is 1.26. The van der Waals surface area contributed by atoms with Crippen LogP contribution in [0.5, 0.6) is 11.5 Å². The van der Waals surface area contributed by atoms with Crippen LogP contribution in [0.25, 0.3) is 0 Å². The van der Waals surface area contributed by atoms with Crippen molar-refractivity contribution in [2.24, 2.45) is 0 Å². The number of ether oxygens (including phenoxy) is 3. The summed E-state index contributed by atoms with van der Waals surface area (Å²) in [6, 6.07) is 16.3. The lowest BCUT2D eigenvalue weighted by molar-refractivity contribution is 0.0624. The maximum absolute atomic E-state index is 6.01. The molecule has 4 nitrogen and oxygen atoms in total. The van der Waals surface area contributed by atoms with Crippen LogP contribution in [-0.4, -0.2) is 45.4 Å². The number of likely N-dealkylation sites (N-methyl/N-ethyl adjacent to an activating group) is 1. The predicted octanol–water partition coefficient (Wildman–Crippen LogP) is 3.60. The second kappa shape index (κ2) is 10.1. The van der Waals surface area contributed by atoms with E-state index in [0.717, 1.165) is 30.9 Å². The van der Waals surface area contributed by atoms with E-state index in [9.17, 15) is 0 Å². The van der Waals surface area contributed by atoms with Crippen molar-refractivity contribution in [1.29, 1.82) is 0 Å². The van der Waals surface area contributed by atoms with Crippen LogP contribution in [0.3, 0.4) is 0 Å². The third kappa shape index (κ3) is 6.40. The number of hydrogen-bond donors (Lipinski definition) is 0. The summed E-state index contributed by atoms with van der Waals surface area (Å²) < 4.78 is 16.5. The van der Waals surface area contributed by atoms with Gasteiger partial charge in [0.25, 0.3) is 0 Å². The van der Waals surface area contributed by atoms with Crippen LogP contribution in [-0.2, 0) is 17.6 Å². The predicted molar refractivity (Wildman–Crippen MR) is 101 cm³/mol. The summed E-state index contributed by atoms with van der Waals surface area (Å²) in [4.78, 5) is 2.06. The van der Waals surface area contributed by atoms with Gasteiger partial charge in [0.05, 0.1) is 14.2 Å². The van der Waals surface area contributed by atoms with Crippen LogP contribution < -0.4 is 9.47 Å². The maximum atomic E-state index is 6.01. The molecule has 2 aromatic carbocycles. The highest BCUT2D eigenvalue weighted by atomic mass is 16.5. The molecule has 0 aliphatic carbocycles. The largest absolute Gasteiger partial charge is 0.497 e. The fourth-order valence-electron chi connectivity index (χ4n) is 2.70. The third-order valence-electron chi connectivity index (χ3n) is 4.02. The van der Waals surface area contributed by atoms with Crippen LogP contribution in [0.1, 0.15) is 11.1 Å². The minimum atomic E-state index is -0.0542. The molecule has 0 N–H and O–H groups in total. The van der Waals surface area contributed by atoms with E-state index in [1.807, 2.05) is 44.4 Å². The van der Waals surface area contributed by atoms with Gasteiger partial charge in [0, 0.05) is 6.54 Å². The Hall–Kier alpha value is -2.04. The zero-order chi connectivity index (χ0) is 18.1. The number of hydrogen-bond acceptors (Lipinski definition) is 4. The first-order valence-corrected chi connectivity index (χ1v) is 8.51. The Morgan fingerprint density at radius 3 is 2.56 bits per heavy atom. The van der Waals surface area contributed by atoms with Crippen LogP contribution in [0.4, 0.5) is 0 Å². The SMILES string of the molecule is [CH2]O[C@H](COc1ccccc1CCc1cccc(OC)c1)CN(C)C. The Bertz CT molecular complexity index is 643. The number of para-hydroxylation sites is 1. The summed E-state index contributed by atoms with van der Waals surface area (Å²) in [5, 5.41) is 0. The van der Waals surface area contributed by atoms with E-state index in [4.69, 9.17) is 14.2 Å². The molecule has 0 aliphatic rings. The van der Waals surface area contributed by atoms with Crippen molar-refractivity contribution in [3.05, 3.63) is 66.8 Å². The van der Waals surface area contributed by atoms with Gasteiger partial charge >= 0.3 is 0 Å². The van der Waals surface area contributed by atoms with E-state index in [-0.39, 0.29) is 6.10 Å². The molecule has 0 amide bonds. The summed E-state index contributed by atoms with van der Waals surface area (Å²) in [5.41, 5.74) is 2.44. The van der Waals surface area contributed by atoms with E-state index in [2.05, 4.69) is 30.2 Å². The quantitative estimate of drug-likeness (QED) is 0.660. The number of nitrogens with zero attached hydrogens (tertiary/aromatic N) is 1. The minimum Gasteiger partial charge on any atom is -0.497 e. The second-order valence-electron chi connectivity index (χ2n) is 6.32. The second-order valence-corrected chi connectivity index (χ2v) is 6.32. The number of benzene rings is 2. The zero-order valence-corrected chi connectivity index (χ0v) is 15.4. The molecule has 0 spiro atoms. The molecule has 2 aromatic rings. The van der Waals surface area contributed by atoms with Crippen LogP contribution in [0.15, 0.2) is 48.5 Å². The lowest BCUT2D eigenvalue weighted by Crippen LogP contribution is -2.32. The molecule has 2 rings (SSSR count). The summed E-state index contributed by atoms with van der Waals surface area (Å²) in [7, 11) is 9.26. The number of aryl methyl sites for hydroxylation is 2. The molecule has 4 heteroatoms. The Morgan fingerprint density at radius 2 is 1.84 bits per heavy atom. The summed E-state index contributed by atoms with van der Waals surface area (Å²) in [6.07, 6.45) is 1.79. The average molecular weight is 342 g/mol. The highest BCUT2D eigenvalue weighted by molar-refractivity contribution is 5.35. The molecular formula is C21H28NO3. The van der Waals surface area contributed by atoms with Crippen LogP contribution >= 0.6 is 0 Å². The lowest BCUT2D eigenvalue weighted by Gasteiger charge is -2.20. The maximum Gasteiger partial charge on any atom is 0.122 e. The van der Waals surface area contributed by atoms with Gasteiger partial charge in [-0.15, -0.1) is 0 Å². The Kier molecular flexibility index (Phi) is 7.76. The zero-order valence-electron chi connectivity index (χ0n) is 15.4. The highest BCUT2D eigenvalue weighted by Crippen LogP contribution is 2.21. The van der Waals surface area contributed by atoms with Crippen molar-refractivity contribution in [3.8, 4) is 11.5 Å². The van der Waals surface area contributed by atoms with E-state index in [1.165, 1.54) is 11.1 Å². The molecule has 1 atom stereocenters. The van der Waals surface area contributed by atoms with Gasteiger partial charge in [-0.05, 0) is 56.3 Å². The van der Waals surface area contributed by atoms with Crippen molar-refractivity contribution in [2.75, 3.05) is 34.4 Å². The molecule has 25 heavy (non-hydrogen) atoms. The molecule has 0 aromatic heterocycles. The fourth-order valence-corrected chi connectivity index (χ4v) is 2.70. The summed E-state index contributed by atoms with van der Waals surface area (Å²) >= 11 is 0. The first kappa shape index (κ1) is 19.3. The van der Waals surface area contributed by atoms with E-state index in [0.29, 0.717) is 6.61 Å². The summed E-state index contributed by atoms with van der Waals surface area (Å²) in [5.74, 6) is 1.80. The Morgan fingerprint density at radius 1 is 1.04 bits per heavy atom. The number of rotatable bonds is 10. The van der Waals surface area contributed by atoms with Gasteiger partial charge in [0.1, 0.15) is 24.2 Å². The van der Waals surface area contributed by atoms with E-state index < -0.39 is 0 Å². The van der Waals surface area contributed by atoms with Gasteiger partial charge in [-0.2, -0.15) is 0 Å². The molecule has 0 fully saturated rings. The lowest BCUT2D eigenvalue weighted by atomic mass is 10.0. The monoisotopic (exact) mass is 342 g/mol. The molecule has 0 saturated carbocycles. The van der Waals surface area contributed by atoms with Crippen LogP contribution in [0.2, 0.25) is 0 Å². The first-order chi connectivity index (χ1) is 12.1. The normalized spacial score (nSPS) is 12.2. The fraction of sp³-hybridized carbons (Fsp3) is 0.381. The first-order valence-electron chi connectivity index (χ1n) is 8.51. The Balaban J connectivity index is 1.97. The number of methoxy groups -OCH3 is 1. The third-order valence-corrected chi connectivity index (χ3v) is 4.02. The highest BCUT2D eigenvalue weighted by Gasteiger charge is 2.11. The smallest absolute Gasteiger partial charge is 0.122 e. The van der Waals surface area contributed by atoms with Gasteiger partial charge in [0.2, 0.25) is 0 Å². The van der Waals surface area contributed by atoms with Crippen molar-refractivity contribution in [2.45, 2.75) is 18.9 Å². The molecular weight excluding hydrogens is 314 g/mol. The molecule has 0 unspecified atom stereocenters. The van der Waals surface area contributed by atoms with Crippen molar-refractivity contribution in [3.63, 3.8) is 0 Å². The minimum absolute atomic E-state index is 0.0542.